The number of aromatic nitrogens is 4. The SMILES string of the molecule is CCn1nc(C)nc1N=Nc1c(Nc2ccccc2)nc(Nc2ccccc2)c(C#N)c1C. The van der Waals surface area contributed by atoms with Gasteiger partial charge in [-0.3, -0.25) is 0 Å². The number of nitrogens with one attached hydrogen (secondary N) is 2. The zero-order valence-corrected chi connectivity index (χ0v) is 18.6. The predicted molar refractivity (Wildman–Crippen MR) is 128 cm³/mol. The first kappa shape index (κ1) is 21.6. The van der Waals surface area contributed by atoms with E-state index in [2.05, 4.69) is 37.0 Å². The molecule has 4 rings (SSSR count). The lowest BCUT2D eigenvalue weighted by atomic mass is 10.1. The van der Waals surface area contributed by atoms with Crippen LogP contribution in [0.25, 0.3) is 0 Å². The van der Waals surface area contributed by atoms with Crippen molar-refractivity contribution in [3.63, 3.8) is 0 Å². The molecular weight excluding hydrogens is 414 g/mol. The first-order valence-electron chi connectivity index (χ1n) is 10.5. The van der Waals surface area contributed by atoms with Gasteiger partial charge in [-0.25, -0.2) is 9.67 Å². The fourth-order valence-electron chi connectivity index (χ4n) is 3.27. The number of pyridine rings is 1. The Kier molecular flexibility index (Phi) is 6.36. The molecule has 9 nitrogen and oxygen atoms in total. The van der Waals surface area contributed by atoms with Crippen LogP contribution in [0.4, 0.5) is 34.6 Å². The number of benzene rings is 2. The molecule has 0 amide bonds. The van der Waals surface area contributed by atoms with E-state index >= 15 is 0 Å². The van der Waals surface area contributed by atoms with Gasteiger partial charge >= 0.3 is 0 Å². The van der Waals surface area contributed by atoms with Crippen LogP contribution in [0.1, 0.15) is 23.9 Å². The van der Waals surface area contributed by atoms with Gasteiger partial charge < -0.3 is 10.6 Å². The summed E-state index contributed by atoms with van der Waals surface area (Å²) in [5.74, 6) is 1.92. The maximum atomic E-state index is 9.90. The monoisotopic (exact) mass is 437 g/mol. The third kappa shape index (κ3) is 4.85. The van der Waals surface area contributed by atoms with Crippen LogP contribution in [0.3, 0.4) is 0 Å². The summed E-state index contributed by atoms with van der Waals surface area (Å²) in [7, 11) is 0. The molecular formula is C24H23N9. The topological polar surface area (TPSA) is 116 Å². The minimum atomic E-state index is 0.388. The molecule has 0 unspecified atom stereocenters. The van der Waals surface area contributed by atoms with Gasteiger partial charge in [-0.1, -0.05) is 36.4 Å². The van der Waals surface area contributed by atoms with Crippen LogP contribution in [0.2, 0.25) is 0 Å². The largest absolute Gasteiger partial charge is 0.339 e. The molecule has 2 N–H and O–H groups in total. The lowest BCUT2D eigenvalue weighted by Crippen LogP contribution is -2.04. The van der Waals surface area contributed by atoms with Gasteiger partial charge in [0.1, 0.15) is 17.6 Å². The number of para-hydroxylation sites is 2. The number of azo groups is 1. The molecule has 33 heavy (non-hydrogen) atoms. The quantitative estimate of drug-likeness (QED) is 0.338. The van der Waals surface area contributed by atoms with Crippen molar-refractivity contribution < 1.29 is 0 Å². The Hall–Kier alpha value is -4.58. The van der Waals surface area contributed by atoms with E-state index in [1.54, 1.807) is 11.6 Å². The molecule has 4 aromatic rings. The summed E-state index contributed by atoms with van der Waals surface area (Å²) in [6.07, 6.45) is 0. The molecule has 0 fully saturated rings. The van der Waals surface area contributed by atoms with Gasteiger partial charge in [-0.15, -0.1) is 10.2 Å². The lowest BCUT2D eigenvalue weighted by molar-refractivity contribution is 0.653. The molecule has 0 saturated heterocycles. The second-order valence-corrected chi connectivity index (χ2v) is 7.23. The number of nitrogens with zero attached hydrogens (tertiary/aromatic N) is 7. The summed E-state index contributed by atoms with van der Waals surface area (Å²) in [4.78, 5) is 9.04. The van der Waals surface area contributed by atoms with E-state index in [-0.39, 0.29) is 0 Å². The molecule has 9 heteroatoms. The average Bonchev–Trinajstić information content (AvgIpc) is 3.20. The zero-order chi connectivity index (χ0) is 23.2. The minimum Gasteiger partial charge on any atom is -0.339 e. The van der Waals surface area contributed by atoms with Gasteiger partial charge in [0.2, 0.25) is 0 Å². The first-order valence-corrected chi connectivity index (χ1v) is 10.5. The second kappa shape index (κ2) is 9.70. The molecule has 0 saturated carbocycles. The van der Waals surface area contributed by atoms with Crippen LogP contribution in [0.15, 0.2) is 70.9 Å². The Morgan fingerprint density at radius 3 is 2.06 bits per heavy atom. The molecule has 0 bridgehead atoms. The van der Waals surface area contributed by atoms with Crippen molar-refractivity contribution in [2.75, 3.05) is 10.6 Å². The van der Waals surface area contributed by atoms with Gasteiger partial charge in [0.15, 0.2) is 11.6 Å². The number of rotatable bonds is 7. The Bertz CT molecular complexity index is 1320. The smallest absolute Gasteiger partial charge is 0.267 e. The molecule has 2 heterocycles. The molecule has 0 aliphatic rings. The number of hydrogen-bond donors (Lipinski definition) is 2. The van der Waals surface area contributed by atoms with Gasteiger partial charge in [0.05, 0.1) is 5.56 Å². The highest BCUT2D eigenvalue weighted by atomic mass is 15.4. The third-order valence-corrected chi connectivity index (χ3v) is 4.90. The Morgan fingerprint density at radius 2 is 1.48 bits per heavy atom. The second-order valence-electron chi connectivity index (χ2n) is 7.23. The first-order chi connectivity index (χ1) is 16.1. The predicted octanol–water partition coefficient (Wildman–Crippen LogP) is 6.08. The van der Waals surface area contributed by atoms with Crippen LogP contribution < -0.4 is 10.6 Å². The maximum absolute atomic E-state index is 9.90. The fourth-order valence-corrected chi connectivity index (χ4v) is 3.27. The molecule has 164 valence electrons. The van der Waals surface area contributed by atoms with E-state index in [0.29, 0.717) is 46.8 Å². The summed E-state index contributed by atoms with van der Waals surface area (Å²) in [5, 5.41) is 29.5. The van der Waals surface area contributed by atoms with Gasteiger partial charge in [0, 0.05) is 23.5 Å². The summed E-state index contributed by atoms with van der Waals surface area (Å²) in [6.45, 7) is 6.21. The summed E-state index contributed by atoms with van der Waals surface area (Å²) in [5.41, 5.74) is 3.15. The van der Waals surface area contributed by atoms with E-state index in [9.17, 15) is 5.26 Å². The van der Waals surface area contributed by atoms with Crippen LogP contribution in [0, 0.1) is 25.2 Å². The Labute approximate surface area is 191 Å². The van der Waals surface area contributed by atoms with Crippen molar-refractivity contribution in [1.29, 1.82) is 5.26 Å². The van der Waals surface area contributed by atoms with Gasteiger partial charge in [-0.05, 0) is 45.0 Å². The van der Waals surface area contributed by atoms with E-state index in [4.69, 9.17) is 4.98 Å². The van der Waals surface area contributed by atoms with E-state index in [1.807, 2.05) is 74.5 Å². The van der Waals surface area contributed by atoms with E-state index < -0.39 is 0 Å². The number of nitriles is 1. The highest BCUT2D eigenvalue weighted by Gasteiger charge is 2.18. The number of aryl methyl sites for hydroxylation is 2. The maximum Gasteiger partial charge on any atom is 0.267 e. The number of hydrogen-bond acceptors (Lipinski definition) is 8. The Balaban J connectivity index is 1.82. The lowest BCUT2D eigenvalue weighted by Gasteiger charge is -2.15. The molecule has 0 spiro atoms. The average molecular weight is 438 g/mol. The Morgan fingerprint density at radius 1 is 0.879 bits per heavy atom. The number of anilines is 4. The van der Waals surface area contributed by atoms with Crippen molar-refractivity contribution in [2.24, 2.45) is 10.2 Å². The van der Waals surface area contributed by atoms with Crippen molar-refractivity contribution in [1.82, 2.24) is 19.7 Å². The van der Waals surface area contributed by atoms with Crippen molar-refractivity contribution >= 4 is 34.6 Å². The standard InChI is InChI=1S/C24H23N9/c1-4-33-24(26-17(3)32-33)31-30-21-16(2)20(15-25)22(27-18-11-7-5-8-12-18)29-23(21)28-19-13-9-6-10-14-19/h5-14H,4H2,1-3H3,(H2,27,28,29). The summed E-state index contributed by atoms with van der Waals surface area (Å²) >= 11 is 0. The van der Waals surface area contributed by atoms with Crippen molar-refractivity contribution in [2.45, 2.75) is 27.3 Å². The van der Waals surface area contributed by atoms with Gasteiger partial charge in [0.25, 0.3) is 5.95 Å². The fraction of sp³-hybridized carbons (Fsp3) is 0.167. The molecule has 0 radical (unpaired) electrons. The van der Waals surface area contributed by atoms with Crippen LogP contribution in [-0.2, 0) is 6.54 Å². The van der Waals surface area contributed by atoms with Crippen LogP contribution in [0.5, 0.6) is 0 Å². The van der Waals surface area contributed by atoms with Crippen molar-refractivity contribution in [3.8, 4) is 6.07 Å². The molecule has 0 aliphatic carbocycles. The minimum absolute atomic E-state index is 0.388. The highest BCUT2D eigenvalue weighted by molar-refractivity contribution is 5.79. The molecule has 0 atom stereocenters. The zero-order valence-electron chi connectivity index (χ0n) is 18.6. The van der Waals surface area contributed by atoms with E-state index in [0.717, 1.165) is 11.4 Å². The molecule has 2 aromatic carbocycles. The highest BCUT2D eigenvalue weighted by Crippen LogP contribution is 2.37. The van der Waals surface area contributed by atoms with Gasteiger partial charge in [-0.2, -0.15) is 15.3 Å². The van der Waals surface area contributed by atoms with Crippen LogP contribution in [-0.4, -0.2) is 19.7 Å². The molecule has 2 aromatic heterocycles. The van der Waals surface area contributed by atoms with E-state index in [1.165, 1.54) is 0 Å². The normalized spacial score (nSPS) is 10.8. The summed E-state index contributed by atoms with van der Waals surface area (Å²) < 4.78 is 1.67. The van der Waals surface area contributed by atoms with Crippen LogP contribution >= 0.6 is 0 Å². The third-order valence-electron chi connectivity index (χ3n) is 4.90. The molecule has 0 aliphatic heterocycles. The summed E-state index contributed by atoms with van der Waals surface area (Å²) in [6, 6.07) is 21.5. The van der Waals surface area contributed by atoms with Crippen molar-refractivity contribution in [3.05, 3.63) is 77.6 Å².